The minimum Gasteiger partial charge on any atom is -0.510 e. The molecular weight excluding hydrogens is 306 g/mol. The number of nitriles is 1. The van der Waals surface area contributed by atoms with E-state index in [2.05, 4.69) is 12.8 Å². The lowest BCUT2D eigenvalue weighted by atomic mass is 10.1. The van der Waals surface area contributed by atoms with Crippen LogP contribution in [-0.2, 0) is 4.79 Å². The van der Waals surface area contributed by atoms with E-state index in [-0.39, 0.29) is 28.6 Å². The molecule has 1 aromatic rings. The fourth-order valence-electron chi connectivity index (χ4n) is 1.97. The largest absolute Gasteiger partial charge is 0.510 e. The molecule has 1 fully saturated rings. The summed E-state index contributed by atoms with van der Waals surface area (Å²) in [5.74, 6) is -1.12. The van der Waals surface area contributed by atoms with Crippen LogP contribution in [0.1, 0.15) is 18.4 Å². The summed E-state index contributed by atoms with van der Waals surface area (Å²) in [5.41, 5.74) is 0.222. The highest BCUT2D eigenvalue weighted by Gasteiger charge is 2.32. The maximum Gasteiger partial charge on any atom is 0.282 e. The molecule has 1 saturated carbocycles. The summed E-state index contributed by atoms with van der Waals surface area (Å²) < 4.78 is 0.897. The van der Waals surface area contributed by atoms with Gasteiger partial charge in [0.1, 0.15) is 11.8 Å². The van der Waals surface area contributed by atoms with Crippen LogP contribution >= 0.6 is 12.8 Å². The predicted octanol–water partition coefficient (Wildman–Crippen LogP) is 2.83. The summed E-state index contributed by atoms with van der Waals surface area (Å²) in [7, 11) is 0. The van der Waals surface area contributed by atoms with Gasteiger partial charge < -0.3 is 5.11 Å². The van der Waals surface area contributed by atoms with Crippen LogP contribution in [-0.4, -0.2) is 15.9 Å². The molecule has 1 N–H and O–H groups in total. The summed E-state index contributed by atoms with van der Waals surface area (Å²) in [6.07, 6.45) is 1.49. The highest BCUT2D eigenvalue weighted by Crippen LogP contribution is 2.37. The van der Waals surface area contributed by atoms with Crippen molar-refractivity contribution < 1.29 is 14.8 Å². The van der Waals surface area contributed by atoms with E-state index in [1.54, 1.807) is 6.07 Å². The molecule has 0 aliphatic heterocycles. The third-order valence-corrected chi connectivity index (χ3v) is 3.77. The van der Waals surface area contributed by atoms with Crippen molar-refractivity contribution in [2.75, 3.05) is 4.31 Å². The van der Waals surface area contributed by atoms with Gasteiger partial charge in [0.15, 0.2) is 5.57 Å². The van der Waals surface area contributed by atoms with Crippen molar-refractivity contribution in [1.29, 1.82) is 5.26 Å². The van der Waals surface area contributed by atoms with Gasteiger partial charge in [0, 0.05) is 17.5 Å². The number of hydrogen-bond donors (Lipinski definition) is 2. The number of allylic oxidation sites excluding steroid dienone is 1. The Labute approximate surface area is 132 Å². The number of aryl methyl sites for hydroxylation is 1. The van der Waals surface area contributed by atoms with Crippen molar-refractivity contribution in [3.05, 3.63) is 45.2 Å². The zero-order valence-electron chi connectivity index (χ0n) is 11.7. The molecule has 2 rings (SSSR count). The first kappa shape index (κ1) is 15.9. The Morgan fingerprint density at radius 1 is 1.55 bits per heavy atom. The number of amides is 1. The van der Waals surface area contributed by atoms with E-state index in [4.69, 9.17) is 5.26 Å². The molecule has 0 heterocycles. The number of rotatable bonds is 4. The van der Waals surface area contributed by atoms with E-state index in [1.807, 2.05) is 0 Å². The molecule has 114 valence electrons. The van der Waals surface area contributed by atoms with Crippen molar-refractivity contribution in [2.24, 2.45) is 5.92 Å². The van der Waals surface area contributed by atoms with Gasteiger partial charge in [0.05, 0.1) is 10.6 Å². The molecule has 0 atom stereocenters. The Bertz CT molecular complexity index is 719. The van der Waals surface area contributed by atoms with Gasteiger partial charge in [-0.3, -0.25) is 19.2 Å². The van der Waals surface area contributed by atoms with Crippen molar-refractivity contribution >= 4 is 30.1 Å². The number of benzene rings is 1. The Morgan fingerprint density at radius 3 is 2.64 bits per heavy atom. The number of nitro benzene ring substituents is 1. The number of aliphatic hydroxyl groups excluding tert-OH is 1. The molecule has 0 radical (unpaired) electrons. The van der Waals surface area contributed by atoms with E-state index in [1.165, 1.54) is 25.1 Å². The third-order valence-electron chi connectivity index (χ3n) is 3.36. The van der Waals surface area contributed by atoms with Crippen LogP contribution in [0.5, 0.6) is 0 Å². The van der Waals surface area contributed by atoms with E-state index in [9.17, 15) is 20.0 Å². The van der Waals surface area contributed by atoms with Crippen molar-refractivity contribution in [3.63, 3.8) is 0 Å². The number of carbonyl (C=O) groups excluding carboxylic acids is 1. The van der Waals surface area contributed by atoms with E-state index >= 15 is 0 Å². The van der Waals surface area contributed by atoms with Crippen LogP contribution in [0.4, 0.5) is 11.4 Å². The number of thiol groups is 1. The molecule has 1 aliphatic carbocycles. The summed E-state index contributed by atoms with van der Waals surface area (Å²) in [4.78, 5) is 22.5. The van der Waals surface area contributed by atoms with Crippen LogP contribution in [0.2, 0.25) is 0 Å². The maximum atomic E-state index is 12.3. The molecule has 8 heteroatoms. The minimum absolute atomic E-state index is 0.0743. The van der Waals surface area contributed by atoms with Gasteiger partial charge in [-0.05, 0) is 31.9 Å². The molecule has 7 nitrogen and oxygen atoms in total. The molecule has 0 saturated heterocycles. The van der Waals surface area contributed by atoms with Crippen molar-refractivity contribution in [3.8, 4) is 6.07 Å². The predicted molar refractivity (Wildman–Crippen MR) is 82.3 cm³/mol. The van der Waals surface area contributed by atoms with Crippen LogP contribution in [0.3, 0.4) is 0 Å². The molecule has 1 aromatic carbocycles. The van der Waals surface area contributed by atoms with Crippen LogP contribution in [0.15, 0.2) is 29.5 Å². The monoisotopic (exact) mass is 319 g/mol. The smallest absolute Gasteiger partial charge is 0.282 e. The van der Waals surface area contributed by atoms with Crippen LogP contribution in [0.25, 0.3) is 0 Å². The highest BCUT2D eigenvalue weighted by atomic mass is 32.1. The minimum atomic E-state index is -0.761. The van der Waals surface area contributed by atoms with Gasteiger partial charge in [-0.25, -0.2) is 0 Å². The zero-order chi connectivity index (χ0) is 16.4. The standard InChI is InChI=1S/C14H13N3O4S/c1-8-6-10(4-5-12(8)17(20)21)16(22)14(19)11(7-15)13(18)9-2-3-9/h4-6,9,18,22H,2-3H2,1H3. The molecule has 1 amide bonds. The number of nitrogens with zero attached hydrogens (tertiary/aromatic N) is 3. The first-order chi connectivity index (χ1) is 10.4. The second-order valence-corrected chi connectivity index (χ2v) is 5.39. The van der Waals surface area contributed by atoms with Crippen molar-refractivity contribution in [2.45, 2.75) is 19.8 Å². The Kier molecular flexibility index (Phi) is 4.37. The van der Waals surface area contributed by atoms with Gasteiger partial charge in [-0.15, -0.1) is 0 Å². The van der Waals surface area contributed by atoms with Gasteiger partial charge in [-0.1, -0.05) is 12.8 Å². The Balaban J connectivity index is 2.31. The van der Waals surface area contributed by atoms with Crippen LogP contribution in [0, 0.1) is 34.3 Å². The maximum absolute atomic E-state index is 12.3. The van der Waals surface area contributed by atoms with E-state index in [0.29, 0.717) is 5.56 Å². The lowest BCUT2D eigenvalue weighted by Gasteiger charge is -2.16. The highest BCUT2D eigenvalue weighted by molar-refractivity contribution is 7.82. The van der Waals surface area contributed by atoms with Gasteiger partial charge in [-0.2, -0.15) is 5.26 Å². The normalized spacial score (nSPS) is 14.8. The molecule has 22 heavy (non-hydrogen) atoms. The van der Waals surface area contributed by atoms with E-state index < -0.39 is 10.8 Å². The van der Waals surface area contributed by atoms with E-state index in [0.717, 1.165) is 17.1 Å². The number of nitro groups is 1. The van der Waals surface area contributed by atoms with Crippen LogP contribution < -0.4 is 4.31 Å². The topological polar surface area (TPSA) is 107 Å². The summed E-state index contributed by atoms with van der Waals surface area (Å²) in [6, 6.07) is 5.74. The Morgan fingerprint density at radius 2 is 2.18 bits per heavy atom. The lowest BCUT2D eigenvalue weighted by molar-refractivity contribution is -0.385. The molecule has 0 unspecified atom stereocenters. The second kappa shape index (κ2) is 6.07. The van der Waals surface area contributed by atoms with Crippen molar-refractivity contribution in [1.82, 2.24) is 0 Å². The summed E-state index contributed by atoms with van der Waals surface area (Å²) >= 11 is 4.04. The molecule has 0 spiro atoms. The first-order valence-electron chi connectivity index (χ1n) is 6.48. The number of anilines is 1. The third kappa shape index (κ3) is 3.04. The van der Waals surface area contributed by atoms with Gasteiger partial charge in [0.2, 0.25) is 0 Å². The fraction of sp³-hybridized carbons (Fsp3) is 0.286. The Hall–Kier alpha value is -2.53. The first-order valence-corrected chi connectivity index (χ1v) is 6.88. The molecule has 1 aliphatic rings. The number of carbonyl (C=O) groups is 1. The zero-order valence-corrected chi connectivity index (χ0v) is 12.6. The average molecular weight is 319 g/mol. The summed E-state index contributed by atoms with van der Waals surface area (Å²) in [6.45, 7) is 1.54. The number of hydrogen-bond acceptors (Lipinski definition) is 6. The molecular formula is C14H13N3O4S. The SMILES string of the molecule is Cc1cc(N(S)C(=O)C(C#N)=C(O)C2CC2)ccc1[N+](=O)[O-]. The number of aliphatic hydroxyl groups is 1. The quantitative estimate of drug-likeness (QED) is 0.221. The fourth-order valence-corrected chi connectivity index (χ4v) is 2.20. The lowest BCUT2D eigenvalue weighted by Crippen LogP contribution is -2.23. The van der Waals surface area contributed by atoms with Gasteiger partial charge >= 0.3 is 0 Å². The molecule has 0 bridgehead atoms. The average Bonchev–Trinajstić information content (AvgIpc) is 3.31. The summed E-state index contributed by atoms with van der Waals surface area (Å²) in [5, 5.41) is 29.7. The van der Waals surface area contributed by atoms with Gasteiger partial charge in [0.25, 0.3) is 11.6 Å². The molecule has 0 aromatic heterocycles. The second-order valence-electron chi connectivity index (χ2n) is 4.99.